The monoisotopic (exact) mass is 878 g/mol. The van der Waals surface area contributed by atoms with Gasteiger partial charge in [-0.3, -0.25) is 38.4 Å². The molecule has 0 bridgehead atoms. The number of carboxylic acid groups (broad SMARTS) is 2. The molecule has 1 aliphatic rings. The fourth-order valence-corrected chi connectivity index (χ4v) is 6.90. The fraction of sp³-hybridized carbons (Fsp3) is 0.523. The van der Waals surface area contributed by atoms with Crippen molar-refractivity contribution in [2.24, 2.45) is 17.6 Å². The molecule has 344 valence electrons. The topological polar surface area (TPSA) is 296 Å². The maximum Gasteiger partial charge on any atom is 0.326 e. The Morgan fingerprint density at radius 2 is 1.05 bits per heavy atom. The van der Waals surface area contributed by atoms with Crippen LogP contribution in [-0.2, 0) is 56.0 Å². The van der Waals surface area contributed by atoms with E-state index < -0.39 is 113 Å². The predicted molar refractivity (Wildman–Crippen MR) is 230 cm³/mol. The van der Waals surface area contributed by atoms with E-state index in [2.05, 4.69) is 31.9 Å². The molecule has 0 aliphatic carbocycles. The van der Waals surface area contributed by atoms with Crippen LogP contribution in [0.5, 0.6) is 0 Å². The average Bonchev–Trinajstić information content (AvgIpc) is 3.74. The summed E-state index contributed by atoms with van der Waals surface area (Å²) in [6.45, 7) is 9.74. The summed E-state index contributed by atoms with van der Waals surface area (Å²) in [5, 5.41) is 34.3. The third-order valence-electron chi connectivity index (χ3n) is 10.6. The minimum atomic E-state index is -1.28. The summed E-state index contributed by atoms with van der Waals surface area (Å²) in [6, 6.07) is 8.10. The number of hydrogen-bond donors (Lipinski definition) is 9. The molecule has 0 radical (unpaired) electrons. The van der Waals surface area contributed by atoms with Gasteiger partial charge < -0.3 is 52.7 Å². The number of amides is 7. The highest BCUT2D eigenvalue weighted by Gasteiger charge is 2.39. The lowest BCUT2D eigenvalue weighted by molar-refractivity contribution is -0.150. The Kier molecular flexibility index (Phi) is 19.7. The molecule has 3 rings (SSSR count). The molecule has 1 heterocycles. The number of nitrogens with one attached hydrogen (secondary N) is 6. The van der Waals surface area contributed by atoms with Crippen LogP contribution >= 0.6 is 0 Å². The standard InChI is InChI=1S/C44H62N8O11/c1-24(2)35(50-39(57)30(45)19-20-34(53)54)42(60)49-32(23-29-16-11-8-12-17-29)41(59)48-31(22-28-14-9-7-10-15-28)40(58)47-26(5)37(55)46-27(6)38(56)51-36(25(3)4)43(61)52-21-13-18-33(52)44(62)63/h7-12,14-17,24-27,30-33,35-36H,13,18-23,45H2,1-6H3,(H,46,55)(H,47,58)(H,48,59)(H,49,60)(H,50,57)(H,51,56)(H,53,54)(H,62,63)/t26-,27-,30-,31-,32-,33-,35-,36-/m0/s1. The zero-order valence-corrected chi connectivity index (χ0v) is 36.6. The van der Waals surface area contributed by atoms with E-state index in [1.165, 1.54) is 18.7 Å². The number of nitrogens with zero attached hydrogens (tertiary/aromatic N) is 1. The second-order valence-corrected chi connectivity index (χ2v) is 16.5. The van der Waals surface area contributed by atoms with Crippen LogP contribution in [0.2, 0.25) is 0 Å². The first-order valence-electron chi connectivity index (χ1n) is 21.1. The molecule has 1 aliphatic heterocycles. The van der Waals surface area contributed by atoms with Gasteiger partial charge in [0.15, 0.2) is 0 Å². The first kappa shape index (κ1) is 51.0. The number of hydrogen-bond acceptors (Lipinski definition) is 10. The molecular formula is C44H62N8O11. The van der Waals surface area contributed by atoms with Crippen molar-refractivity contribution in [1.82, 2.24) is 36.8 Å². The summed E-state index contributed by atoms with van der Waals surface area (Å²) < 4.78 is 0. The summed E-state index contributed by atoms with van der Waals surface area (Å²) in [4.78, 5) is 119. The second kappa shape index (κ2) is 24.3. The van der Waals surface area contributed by atoms with Crippen LogP contribution in [0.4, 0.5) is 0 Å². The quantitative estimate of drug-likeness (QED) is 0.0713. The van der Waals surface area contributed by atoms with Crippen molar-refractivity contribution in [3.8, 4) is 0 Å². The van der Waals surface area contributed by atoms with E-state index in [0.29, 0.717) is 24.0 Å². The number of nitrogens with two attached hydrogens (primary N) is 1. The van der Waals surface area contributed by atoms with Gasteiger partial charge in [-0.1, -0.05) is 88.4 Å². The fourth-order valence-electron chi connectivity index (χ4n) is 6.90. The summed E-state index contributed by atoms with van der Waals surface area (Å²) in [5.41, 5.74) is 7.21. The number of likely N-dealkylation sites (tertiary alicyclic amines) is 1. The maximum atomic E-state index is 14.2. The highest BCUT2D eigenvalue weighted by molar-refractivity contribution is 5.97. The number of carbonyl (C=O) groups is 9. The summed E-state index contributed by atoms with van der Waals surface area (Å²) in [7, 11) is 0. The van der Waals surface area contributed by atoms with Gasteiger partial charge in [-0.05, 0) is 56.1 Å². The Morgan fingerprint density at radius 1 is 0.603 bits per heavy atom. The highest BCUT2D eigenvalue weighted by atomic mass is 16.4. The second-order valence-electron chi connectivity index (χ2n) is 16.5. The third-order valence-corrected chi connectivity index (χ3v) is 10.6. The van der Waals surface area contributed by atoms with E-state index in [4.69, 9.17) is 10.8 Å². The molecule has 7 amide bonds. The molecule has 0 unspecified atom stereocenters. The van der Waals surface area contributed by atoms with E-state index in [1.807, 2.05) is 0 Å². The van der Waals surface area contributed by atoms with Crippen LogP contribution in [0.25, 0.3) is 0 Å². The Morgan fingerprint density at radius 3 is 1.52 bits per heavy atom. The van der Waals surface area contributed by atoms with Crippen LogP contribution in [0.15, 0.2) is 60.7 Å². The van der Waals surface area contributed by atoms with Crippen molar-refractivity contribution >= 4 is 53.3 Å². The van der Waals surface area contributed by atoms with Gasteiger partial charge in [-0.25, -0.2) is 4.79 Å². The number of carbonyl (C=O) groups excluding carboxylic acids is 7. The van der Waals surface area contributed by atoms with Crippen molar-refractivity contribution < 1.29 is 53.4 Å². The Hall–Kier alpha value is -6.37. The minimum Gasteiger partial charge on any atom is -0.481 e. The van der Waals surface area contributed by atoms with Crippen molar-refractivity contribution in [3.05, 3.63) is 71.8 Å². The molecule has 0 spiro atoms. The van der Waals surface area contributed by atoms with Gasteiger partial charge in [0, 0.05) is 25.8 Å². The van der Waals surface area contributed by atoms with Gasteiger partial charge in [0.1, 0.15) is 42.3 Å². The third kappa shape index (κ3) is 15.8. The zero-order valence-electron chi connectivity index (χ0n) is 36.6. The van der Waals surface area contributed by atoms with Crippen molar-refractivity contribution in [1.29, 1.82) is 0 Å². The number of carboxylic acids is 2. The van der Waals surface area contributed by atoms with Gasteiger partial charge >= 0.3 is 11.9 Å². The van der Waals surface area contributed by atoms with E-state index in [0.717, 1.165) is 0 Å². The molecule has 10 N–H and O–H groups in total. The largest absolute Gasteiger partial charge is 0.481 e. The van der Waals surface area contributed by atoms with Gasteiger partial charge in [0.05, 0.1) is 6.04 Å². The summed E-state index contributed by atoms with van der Waals surface area (Å²) >= 11 is 0. The normalized spacial score (nSPS) is 16.9. The van der Waals surface area contributed by atoms with Gasteiger partial charge in [0.25, 0.3) is 0 Å². The molecule has 1 saturated heterocycles. The molecule has 19 nitrogen and oxygen atoms in total. The zero-order chi connectivity index (χ0) is 47.0. The molecule has 63 heavy (non-hydrogen) atoms. The molecule has 0 aromatic heterocycles. The molecule has 19 heteroatoms. The van der Waals surface area contributed by atoms with Crippen molar-refractivity contribution in [2.45, 2.75) is 128 Å². The smallest absolute Gasteiger partial charge is 0.326 e. The molecule has 2 aromatic carbocycles. The van der Waals surface area contributed by atoms with Crippen LogP contribution in [0.3, 0.4) is 0 Å². The van der Waals surface area contributed by atoms with Crippen LogP contribution < -0.4 is 37.6 Å². The Labute approximate surface area is 367 Å². The van der Waals surface area contributed by atoms with Crippen LogP contribution in [0.1, 0.15) is 78.4 Å². The molecule has 2 aromatic rings. The minimum absolute atomic E-state index is 0.0187. The van der Waals surface area contributed by atoms with E-state index >= 15 is 0 Å². The summed E-state index contributed by atoms with van der Waals surface area (Å²) in [5.74, 6) is -8.16. The lowest BCUT2D eigenvalue weighted by Gasteiger charge is -2.30. The molecule has 1 fully saturated rings. The number of aliphatic carboxylic acids is 2. The average molecular weight is 879 g/mol. The van der Waals surface area contributed by atoms with Crippen molar-refractivity contribution in [2.75, 3.05) is 6.54 Å². The first-order chi connectivity index (χ1) is 29.7. The maximum absolute atomic E-state index is 14.2. The molecule has 8 atom stereocenters. The number of rotatable bonds is 23. The van der Waals surface area contributed by atoms with Gasteiger partial charge in [-0.15, -0.1) is 0 Å². The van der Waals surface area contributed by atoms with E-state index in [1.54, 1.807) is 88.4 Å². The molecular weight excluding hydrogens is 817 g/mol. The first-order valence-corrected chi connectivity index (χ1v) is 21.1. The predicted octanol–water partition coefficient (Wildman–Crippen LogP) is 0.000100. The number of benzene rings is 2. The lowest BCUT2D eigenvalue weighted by Crippen LogP contribution is -2.60. The molecule has 0 saturated carbocycles. The van der Waals surface area contributed by atoms with Crippen LogP contribution in [-0.4, -0.2) is 123 Å². The van der Waals surface area contributed by atoms with E-state index in [-0.39, 0.29) is 32.2 Å². The summed E-state index contributed by atoms with van der Waals surface area (Å²) in [6.07, 6.45) is 0.240. The van der Waals surface area contributed by atoms with E-state index in [9.17, 15) is 48.3 Å². The van der Waals surface area contributed by atoms with Crippen molar-refractivity contribution in [3.63, 3.8) is 0 Å². The Bertz CT molecular complexity index is 1930. The van der Waals surface area contributed by atoms with Gasteiger partial charge in [-0.2, -0.15) is 0 Å². The van der Waals surface area contributed by atoms with Gasteiger partial charge in [0.2, 0.25) is 41.4 Å². The lowest BCUT2D eigenvalue weighted by atomic mass is 9.99. The highest BCUT2D eigenvalue weighted by Crippen LogP contribution is 2.20. The Balaban J connectivity index is 1.77. The SMILES string of the molecule is CC(C)[C@H](NC(=O)[C@@H](N)CCC(=O)O)C(=O)N[C@@H](Cc1ccccc1)C(=O)N[C@@H](Cc1ccccc1)C(=O)N[C@@H](C)C(=O)N[C@@H](C)C(=O)N[C@H](C(=O)N1CCC[C@H]1C(=O)O)C(C)C. The van der Waals surface area contributed by atoms with Crippen LogP contribution in [0, 0.1) is 11.8 Å².